The lowest BCUT2D eigenvalue weighted by Crippen LogP contribution is -2.36. The quantitative estimate of drug-likeness (QED) is 0.520. The van der Waals surface area contributed by atoms with E-state index in [1.54, 1.807) is 0 Å². The van der Waals surface area contributed by atoms with Crippen molar-refractivity contribution in [2.45, 2.75) is 69.2 Å². The van der Waals surface area contributed by atoms with Crippen LogP contribution in [0.1, 0.15) is 44.1 Å². The molecule has 1 aromatic carbocycles. The molecule has 23 heavy (non-hydrogen) atoms. The van der Waals surface area contributed by atoms with E-state index in [2.05, 4.69) is 17.4 Å². The van der Waals surface area contributed by atoms with Crippen molar-refractivity contribution in [2.75, 3.05) is 6.61 Å². The maximum atomic E-state index is 9.91. The molecule has 0 saturated carbocycles. The highest BCUT2D eigenvalue weighted by atomic mass is 35.5. The first-order valence-corrected chi connectivity index (χ1v) is 8.97. The van der Waals surface area contributed by atoms with E-state index in [0.717, 1.165) is 30.7 Å². The van der Waals surface area contributed by atoms with Crippen molar-refractivity contribution >= 4 is 11.6 Å². The van der Waals surface area contributed by atoms with Crippen LogP contribution in [0.5, 0.6) is 0 Å². The molecule has 0 spiro atoms. The normalized spacial score (nSPS) is 27.5. The summed E-state index contributed by atoms with van der Waals surface area (Å²) < 4.78 is 0. The van der Waals surface area contributed by atoms with E-state index in [-0.39, 0.29) is 12.6 Å². The number of hydrogen-bond donors (Lipinski definition) is 4. The Balaban J connectivity index is 1.52. The topological polar surface area (TPSA) is 72.7 Å². The lowest BCUT2D eigenvalue weighted by atomic mass is 10.0. The van der Waals surface area contributed by atoms with Gasteiger partial charge >= 0.3 is 0 Å². The fourth-order valence-corrected chi connectivity index (χ4v) is 3.36. The van der Waals surface area contributed by atoms with Crippen molar-refractivity contribution in [3.8, 4) is 0 Å². The van der Waals surface area contributed by atoms with Crippen molar-refractivity contribution in [1.82, 2.24) is 5.32 Å². The summed E-state index contributed by atoms with van der Waals surface area (Å²) in [6.07, 6.45) is 6.02. The van der Waals surface area contributed by atoms with Crippen LogP contribution in [0, 0.1) is 0 Å². The molecule has 2 rings (SSSR count). The van der Waals surface area contributed by atoms with Crippen LogP contribution in [0.2, 0.25) is 5.02 Å². The molecule has 0 aliphatic carbocycles. The Kier molecular flexibility index (Phi) is 7.80. The zero-order valence-electron chi connectivity index (χ0n) is 13.5. The van der Waals surface area contributed by atoms with Gasteiger partial charge in [-0.1, -0.05) is 49.4 Å². The molecular formula is C18H28ClNO3. The van der Waals surface area contributed by atoms with Gasteiger partial charge in [-0.2, -0.15) is 0 Å². The van der Waals surface area contributed by atoms with Gasteiger partial charge in [0.25, 0.3) is 0 Å². The van der Waals surface area contributed by atoms with Gasteiger partial charge in [-0.25, -0.2) is 0 Å². The van der Waals surface area contributed by atoms with Gasteiger partial charge in [0.2, 0.25) is 0 Å². The first-order chi connectivity index (χ1) is 11.1. The highest BCUT2D eigenvalue weighted by molar-refractivity contribution is 6.30. The molecule has 5 heteroatoms. The number of rotatable bonds is 9. The van der Waals surface area contributed by atoms with Crippen molar-refractivity contribution in [1.29, 1.82) is 0 Å². The molecule has 0 bridgehead atoms. The molecule has 1 aromatic rings. The predicted octanol–water partition coefficient (Wildman–Crippen LogP) is 2.28. The molecule has 1 heterocycles. The van der Waals surface area contributed by atoms with Gasteiger partial charge in [0, 0.05) is 11.1 Å². The average molecular weight is 342 g/mol. The number of aryl methyl sites for hydroxylation is 1. The molecule has 1 saturated heterocycles. The third-order valence-corrected chi connectivity index (χ3v) is 4.95. The molecule has 130 valence electrons. The SMILES string of the molecule is OC[C@H]1N[C@H](CCCCCCCc2ccc(Cl)cc2)[C@@H](O)[C@@H]1O. The summed E-state index contributed by atoms with van der Waals surface area (Å²) in [4.78, 5) is 0. The van der Waals surface area contributed by atoms with Gasteiger partial charge in [-0.05, 0) is 37.0 Å². The van der Waals surface area contributed by atoms with Gasteiger partial charge in [-0.3, -0.25) is 0 Å². The number of aliphatic hydroxyl groups is 3. The summed E-state index contributed by atoms with van der Waals surface area (Å²) in [5.74, 6) is 0. The number of halogens is 1. The maximum Gasteiger partial charge on any atom is 0.0989 e. The lowest BCUT2D eigenvalue weighted by Gasteiger charge is -2.15. The number of benzene rings is 1. The Morgan fingerprint density at radius 3 is 2.13 bits per heavy atom. The van der Waals surface area contributed by atoms with E-state index in [1.807, 2.05) is 12.1 Å². The molecule has 1 fully saturated rings. The number of aliphatic hydroxyl groups excluding tert-OH is 3. The molecule has 1 aliphatic heterocycles. The number of hydrogen-bond acceptors (Lipinski definition) is 4. The van der Waals surface area contributed by atoms with E-state index in [1.165, 1.54) is 24.8 Å². The van der Waals surface area contributed by atoms with Crippen LogP contribution in [-0.2, 0) is 6.42 Å². The summed E-state index contributed by atoms with van der Waals surface area (Å²) in [5.41, 5.74) is 1.33. The molecule has 0 unspecified atom stereocenters. The van der Waals surface area contributed by atoms with E-state index in [9.17, 15) is 10.2 Å². The minimum atomic E-state index is -0.857. The molecule has 4 nitrogen and oxygen atoms in total. The Hall–Kier alpha value is -0.650. The van der Waals surface area contributed by atoms with Crippen LogP contribution >= 0.6 is 11.6 Å². The van der Waals surface area contributed by atoms with Gasteiger partial charge in [0.15, 0.2) is 0 Å². The fraction of sp³-hybridized carbons (Fsp3) is 0.667. The van der Waals surface area contributed by atoms with Crippen LogP contribution in [0.25, 0.3) is 0 Å². The molecule has 1 aliphatic rings. The zero-order chi connectivity index (χ0) is 16.7. The van der Waals surface area contributed by atoms with Crippen molar-refractivity contribution in [3.05, 3.63) is 34.9 Å². The van der Waals surface area contributed by atoms with Crippen LogP contribution < -0.4 is 5.32 Å². The van der Waals surface area contributed by atoms with E-state index < -0.39 is 18.2 Å². The molecule has 4 atom stereocenters. The third kappa shape index (κ3) is 5.73. The van der Waals surface area contributed by atoms with Gasteiger partial charge in [-0.15, -0.1) is 0 Å². The van der Waals surface area contributed by atoms with E-state index >= 15 is 0 Å². The Morgan fingerprint density at radius 2 is 1.48 bits per heavy atom. The van der Waals surface area contributed by atoms with Gasteiger partial charge in [0.05, 0.1) is 24.9 Å². The third-order valence-electron chi connectivity index (χ3n) is 4.69. The van der Waals surface area contributed by atoms with Gasteiger partial charge < -0.3 is 20.6 Å². The summed E-state index contributed by atoms with van der Waals surface area (Å²) in [7, 11) is 0. The standard InChI is InChI=1S/C18H28ClNO3/c19-14-10-8-13(9-11-14)6-4-2-1-3-5-7-15-17(22)18(23)16(12-21)20-15/h8-11,15-18,20-23H,1-7,12H2/t15-,16-,17-,18-/m1/s1. The lowest BCUT2D eigenvalue weighted by molar-refractivity contribution is 0.0186. The fourth-order valence-electron chi connectivity index (χ4n) is 3.24. The summed E-state index contributed by atoms with van der Waals surface area (Å²) in [5, 5.41) is 32.7. The molecule has 0 aromatic heterocycles. The van der Waals surface area contributed by atoms with Crippen molar-refractivity contribution < 1.29 is 15.3 Å². The van der Waals surface area contributed by atoms with Crippen LogP contribution in [0.15, 0.2) is 24.3 Å². The molecule has 0 radical (unpaired) electrons. The maximum absolute atomic E-state index is 9.91. The molecule has 4 N–H and O–H groups in total. The van der Waals surface area contributed by atoms with E-state index in [0.29, 0.717) is 0 Å². The highest BCUT2D eigenvalue weighted by Gasteiger charge is 2.39. The largest absolute Gasteiger partial charge is 0.395 e. The predicted molar refractivity (Wildman–Crippen MR) is 92.7 cm³/mol. The summed E-state index contributed by atoms with van der Waals surface area (Å²) >= 11 is 5.87. The summed E-state index contributed by atoms with van der Waals surface area (Å²) in [6.45, 7) is -0.139. The summed E-state index contributed by atoms with van der Waals surface area (Å²) in [6, 6.07) is 7.54. The first-order valence-electron chi connectivity index (χ1n) is 8.59. The minimum absolute atomic E-state index is 0.101. The van der Waals surface area contributed by atoms with Crippen LogP contribution in [-0.4, -0.2) is 46.2 Å². The Morgan fingerprint density at radius 1 is 0.870 bits per heavy atom. The van der Waals surface area contributed by atoms with Crippen LogP contribution in [0.3, 0.4) is 0 Å². The molecule has 0 amide bonds. The highest BCUT2D eigenvalue weighted by Crippen LogP contribution is 2.20. The second-order valence-electron chi connectivity index (χ2n) is 6.48. The van der Waals surface area contributed by atoms with Gasteiger partial charge in [0.1, 0.15) is 0 Å². The Labute approximate surface area is 143 Å². The average Bonchev–Trinajstić information content (AvgIpc) is 2.83. The second-order valence-corrected chi connectivity index (χ2v) is 6.91. The van der Waals surface area contributed by atoms with Crippen LogP contribution in [0.4, 0.5) is 0 Å². The monoisotopic (exact) mass is 341 g/mol. The molecular weight excluding hydrogens is 314 g/mol. The smallest absolute Gasteiger partial charge is 0.0989 e. The first kappa shape index (κ1) is 18.7. The number of nitrogens with one attached hydrogen (secondary N) is 1. The minimum Gasteiger partial charge on any atom is -0.395 e. The van der Waals surface area contributed by atoms with Crippen molar-refractivity contribution in [2.24, 2.45) is 0 Å². The van der Waals surface area contributed by atoms with Crippen molar-refractivity contribution in [3.63, 3.8) is 0 Å². The Bertz CT molecular complexity index is 454. The second kappa shape index (κ2) is 9.60. The van der Waals surface area contributed by atoms with E-state index in [4.69, 9.17) is 16.7 Å². The number of unbranched alkanes of at least 4 members (excludes halogenated alkanes) is 4. The zero-order valence-corrected chi connectivity index (χ0v) is 14.3.